The molecule has 1 aromatic carbocycles. The molecule has 24 heavy (non-hydrogen) atoms. The van der Waals surface area contributed by atoms with E-state index in [1.807, 2.05) is 12.1 Å². The van der Waals surface area contributed by atoms with Gasteiger partial charge < -0.3 is 15.0 Å². The van der Waals surface area contributed by atoms with E-state index in [0.29, 0.717) is 28.6 Å². The first kappa shape index (κ1) is 14.8. The molecule has 5 rings (SSSR count). The van der Waals surface area contributed by atoms with Crippen molar-refractivity contribution in [1.29, 1.82) is 0 Å². The summed E-state index contributed by atoms with van der Waals surface area (Å²) in [5.74, 6) is 1.23. The number of anilines is 1. The van der Waals surface area contributed by atoms with Gasteiger partial charge in [-0.1, -0.05) is 23.2 Å². The van der Waals surface area contributed by atoms with E-state index in [-0.39, 0.29) is 0 Å². The average Bonchev–Trinajstić information content (AvgIpc) is 2.91. The monoisotopic (exact) mass is 361 g/mol. The molecule has 0 saturated carbocycles. The quantitative estimate of drug-likeness (QED) is 0.839. The Morgan fingerprint density at radius 1 is 1.25 bits per heavy atom. The van der Waals surface area contributed by atoms with Crippen LogP contribution in [-0.4, -0.2) is 37.3 Å². The summed E-state index contributed by atoms with van der Waals surface area (Å²) in [4.78, 5) is 7.27. The highest BCUT2D eigenvalue weighted by Gasteiger charge is 2.43. The van der Waals surface area contributed by atoms with Gasteiger partial charge in [0.2, 0.25) is 5.88 Å². The van der Waals surface area contributed by atoms with Gasteiger partial charge in [-0.3, -0.25) is 0 Å². The number of nitrogens with zero attached hydrogens (tertiary/aromatic N) is 2. The smallest absolute Gasteiger partial charge is 0.238 e. The molecule has 4 heterocycles. The third-order valence-electron chi connectivity index (χ3n) is 5.30. The zero-order chi connectivity index (χ0) is 16.3. The fourth-order valence-electron chi connectivity index (χ4n) is 4.26. The molecule has 6 heteroatoms. The Bertz CT molecular complexity index is 826. The second kappa shape index (κ2) is 5.51. The Kier molecular flexibility index (Phi) is 3.40. The van der Waals surface area contributed by atoms with Gasteiger partial charge in [-0.25, -0.2) is 4.98 Å². The standard InChI is InChI=1S/C18H17Cl2N3O/c19-10-1-2-11(14(20)7-10)15-8-12-13-9-21-4-3-16(13)23-5-6-24-18(22-15)17(12)23/h1-2,7-8,13,16,21H,3-6,9H2/t13-,16?/m1/s1. The van der Waals surface area contributed by atoms with Crippen LogP contribution in [0.1, 0.15) is 17.9 Å². The van der Waals surface area contributed by atoms with E-state index in [0.717, 1.165) is 43.2 Å². The maximum Gasteiger partial charge on any atom is 0.238 e. The van der Waals surface area contributed by atoms with Crippen molar-refractivity contribution in [2.45, 2.75) is 18.4 Å². The van der Waals surface area contributed by atoms with Crippen LogP contribution in [0.5, 0.6) is 5.88 Å². The van der Waals surface area contributed by atoms with Gasteiger partial charge in [0.15, 0.2) is 0 Å². The first-order chi connectivity index (χ1) is 11.7. The van der Waals surface area contributed by atoms with E-state index in [1.165, 1.54) is 11.3 Å². The molecular formula is C18H17Cl2N3O. The van der Waals surface area contributed by atoms with Crippen molar-refractivity contribution < 1.29 is 4.74 Å². The summed E-state index contributed by atoms with van der Waals surface area (Å²) in [5, 5.41) is 4.77. The van der Waals surface area contributed by atoms with Crippen molar-refractivity contribution in [3.8, 4) is 17.1 Å². The van der Waals surface area contributed by atoms with Crippen LogP contribution in [0.25, 0.3) is 11.3 Å². The normalized spacial score (nSPS) is 24.3. The number of hydrogen-bond donors (Lipinski definition) is 1. The predicted molar refractivity (Wildman–Crippen MR) is 96.5 cm³/mol. The van der Waals surface area contributed by atoms with Crippen molar-refractivity contribution in [3.63, 3.8) is 0 Å². The van der Waals surface area contributed by atoms with Crippen LogP contribution in [0.3, 0.4) is 0 Å². The SMILES string of the molecule is Clc1ccc(-c2cc3c4c(n2)OCCN4C2CCNC[C@H]32)c(Cl)c1. The van der Waals surface area contributed by atoms with E-state index in [9.17, 15) is 0 Å². The number of benzene rings is 1. The number of aromatic nitrogens is 1. The van der Waals surface area contributed by atoms with Crippen LogP contribution in [0.15, 0.2) is 24.3 Å². The summed E-state index contributed by atoms with van der Waals surface area (Å²) in [6.45, 7) is 3.72. The van der Waals surface area contributed by atoms with Gasteiger partial charge in [0.1, 0.15) is 12.3 Å². The molecule has 124 valence electrons. The zero-order valence-corrected chi connectivity index (χ0v) is 14.6. The van der Waals surface area contributed by atoms with Crippen LogP contribution in [0.2, 0.25) is 10.0 Å². The second-order valence-corrected chi connectivity index (χ2v) is 7.43. The fourth-order valence-corrected chi connectivity index (χ4v) is 4.77. The molecule has 1 unspecified atom stereocenters. The van der Waals surface area contributed by atoms with Crippen molar-refractivity contribution in [2.24, 2.45) is 0 Å². The van der Waals surface area contributed by atoms with Crippen molar-refractivity contribution in [1.82, 2.24) is 10.3 Å². The highest BCUT2D eigenvalue weighted by molar-refractivity contribution is 6.36. The van der Waals surface area contributed by atoms with E-state index >= 15 is 0 Å². The lowest BCUT2D eigenvalue weighted by Gasteiger charge is -2.35. The second-order valence-electron chi connectivity index (χ2n) is 6.58. The van der Waals surface area contributed by atoms with Crippen molar-refractivity contribution >= 4 is 28.9 Å². The van der Waals surface area contributed by atoms with Gasteiger partial charge in [0.05, 0.1) is 17.3 Å². The summed E-state index contributed by atoms with van der Waals surface area (Å²) >= 11 is 12.4. The van der Waals surface area contributed by atoms with E-state index < -0.39 is 0 Å². The van der Waals surface area contributed by atoms with Gasteiger partial charge in [-0.05, 0) is 42.8 Å². The molecule has 1 N–H and O–H groups in total. The van der Waals surface area contributed by atoms with E-state index in [2.05, 4.69) is 16.3 Å². The van der Waals surface area contributed by atoms with Gasteiger partial charge in [-0.2, -0.15) is 0 Å². The molecule has 1 fully saturated rings. The molecular weight excluding hydrogens is 345 g/mol. The third-order valence-corrected chi connectivity index (χ3v) is 5.85. The zero-order valence-electron chi connectivity index (χ0n) is 13.1. The minimum Gasteiger partial charge on any atom is -0.474 e. The summed E-state index contributed by atoms with van der Waals surface area (Å²) in [5.41, 5.74) is 4.28. The van der Waals surface area contributed by atoms with E-state index in [1.54, 1.807) is 6.07 Å². The average molecular weight is 362 g/mol. The summed E-state index contributed by atoms with van der Waals surface area (Å²) in [7, 11) is 0. The molecule has 0 radical (unpaired) electrons. The van der Waals surface area contributed by atoms with Crippen molar-refractivity contribution in [2.75, 3.05) is 31.1 Å². The molecule has 0 spiro atoms. The number of piperidine rings is 1. The lowest BCUT2D eigenvalue weighted by atomic mass is 9.90. The first-order valence-corrected chi connectivity index (χ1v) is 9.08. The van der Waals surface area contributed by atoms with Crippen molar-refractivity contribution in [3.05, 3.63) is 39.9 Å². The Labute approximate surface area is 150 Å². The number of nitrogens with one attached hydrogen (secondary N) is 1. The Hall–Kier alpha value is -1.49. The summed E-state index contributed by atoms with van der Waals surface area (Å²) < 4.78 is 5.90. The highest BCUT2D eigenvalue weighted by atomic mass is 35.5. The molecule has 4 nitrogen and oxygen atoms in total. The van der Waals surface area contributed by atoms with Gasteiger partial charge in [-0.15, -0.1) is 0 Å². The number of rotatable bonds is 1. The summed E-state index contributed by atoms with van der Waals surface area (Å²) in [6.07, 6.45) is 1.16. The molecule has 3 aliphatic rings. The van der Waals surface area contributed by atoms with Crippen LogP contribution in [0, 0.1) is 0 Å². The Morgan fingerprint density at radius 2 is 2.17 bits per heavy atom. The minimum absolute atomic E-state index is 0.488. The topological polar surface area (TPSA) is 37.4 Å². The first-order valence-electron chi connectivity index (χ1n) is 8.33. The van der Waals surface area contributed by atoms with Crippen LogP contribution < -0.4 is 15.0 Å². The maximum absolute atomic E-state index is 6.40. The van der Waals surface area contributed by atoms with Crippen LogP contribution in [0.4, 0.5) is 5.69 Å². The molecule has 0 bridgehead atoms. The van der Waals surface area contributed by atoms with Gasteiger partial charge in [0, 0.05) is 29.1 Å². The van der Waals surface area contributed by atoms with E-state index in [4.69, 9.17) is 32.9 Å². The Balaban J connectivity index is 1.68. The largest absolute Gasteiger partial charge is 0.474 e. The Morgan fingerprint density at radius 3 is 3.04 bits per heavy atom. The van der Waals surface area contributed by atoms with Crippen LogP contribution in [-0.2, 0) is 0 Å². The predicted octanol–water partition coefficient (Wildman–Crippen LogP) is 3.71. The third kappa shape index (κ3) is 2.13. The molecule has 0 aliphatic carbocycles. The molecule has 3 aliphatic heterocycles. The lowest BCUT2D eigenvalue weighted by molar-refractivity contribution is 0.285. The number of ether oxygens (including phenoxy) is 1. The minimum atomic E-state index is 0.488. The number of fused-ring (bicyclic) bond motifs is 3. The van der Waals surface area contributed by atoms with Crippen LogP contribution >= 0.6 is 23.2 Å². The van der Waals surface area contributed by atoms with Gasteiger partial charge >= 0.3 is 0 Å². The highest BCUT2D eigenvalue weighted by Crippen LogP contribution is 2.50. The molecule has 2 aromatic rings. The molecule has 1 aromatic heterocycles. The molecule has 0 amide bonds. The number of hydrogen-bond acceptors (Lipinski definition) is 4. The summed E-state index contributed by atoms with van der Waals surface area (Å²) in [6, 6.07) is 8.28. The lowest BCUT2D eigenvalue weighted by Crippen LogP contribution is -2.46. The number of pyridine rings is 1. The number of halogens is 2. The fraction of sp³-hybridized carbons (Fsp3) is 0.389. The molecule has 1 saturated heterocycles. The maximum atomic E-state index is 6.40. The molecule has 2 atom stereocenters. The van der Waals surface area contributed by atoms with Gasteiger partial charge in [0.25, 0.3) is 0 Å².